The summed E-state index contributed by atoms with van der Waals surface area (Å²) in [6.07, 6.45) is 1.65. The second-order valence-corrected chi connectivity index (χ2v) is 7.50. The van der Waals surface area contributed by atoms with Crippen molar-refractivity contribution in [1.82, 2.24) is 9.97 Å². The van der Waals surface area contributed by atoms with Crippen LogP contribution in [0.15, 0.2) is 36.4 Å². The van der Waals surface area contributed by atoms with Crippen LogP contribution in [0.2, 0.25) is 5.15 Å². The number of carbonyl (C=O) groups is 1. The van der Waals surface area contributed by atoms with Crippen molar-refractivity contribution in [1.29, 1.82) is 0 Å². The number of aromatic hydroxyl groups is 2. The normalized spacial score (nSPS) is 13.3. The van der Waals surface area contributed by atoms with Gasteiger partial charge in [0.25, 0.3) is 5.91 Å². The number of benzene rings is 2. The van der Waals surface area contributed by atoms with Crippen LogP contribution >= 0.6 is 11.6 Å². The molecule has 2 N–H and O–H groups in total. The van der Waals surface area contributed by atoms with Crippen molar-refractivity contribution in [3.8, 4) is 22.8 Å². The number of hydrogen-bond acceptors (Lipinski definition) is 5. The molecule has 2 heterocycles. The van der Waals surface area contributed by atoms with Gasteiger partial charge in [-0.15, -0.1) is 0 Å². The number of phenols is 2. The van der Waals surface area contributed by atoms with Gasteiger partial charge >= 0.3 is 0 Å². The molecule has 148 valence electrons. The fourth-order valence-electron chi connectivity index (χ4n) is 3.68. The summed E-state index contributed by atoms with van der Waals surface area (Å²) in [5.41, 5.74) is 4.53. The number of aromatic nitrogens is 2. The van der Waals surface area contributed by atoms with Gasteiger partial charge in [-0.05, 0) is 56.5 Å². The van der Waals surface area contributed by atoms with Crippen molar-refractivity contribution < 1.29 is 15.0 Å². The first-order valence-corrected chi connectivity index (χ1v) is 9.71. The van der Waals surface area contributed by atoms with E-state index in [1.807, 2.05) is 25.1 Å². The van der Waals surface area contributed by atoms with Gasteiger partial charge in [-0.2, -0.15) is 0 Å². The molecule has 0 saturated heterocycles. The Morgan fingerprint density at radius 2 is 1.90 bits per heavy atom. The number of anilines is 1. The molecule has 1 aliphatic rings. The fourth-order valence-corrected chi connectivity index (χ4v) is 3.89. The highest BCUT2D eigenvalue weighted by Gasteiger charge is 2.26. The highest BCUT2D eigenvalue weighted by Crippen LogP contribution is 2.35. The molecule has 1 amide bonds. The first-order chi connectivity index (χ1) is 13.8. The van der Waals surface area contributed by atoms with E-state index >= 15 is 0 Å². The molecule has 0 bridgehead atoms. The lowest BCUT2D eigenvalue weighted by molar-refractivity contribution is 0.0982. The van der Waals surface area contributed by atoms with E-state index in [1.165, 1.54) is 18.2 Å². The average molecular weight is 410 g/mol. The van der Waals surface area contributed by atoms with Gasteiger partial charge in [0, 0.05) is 29.4 Å². The smallest absolute Gasteiger partial charge is 0.262 e. The van der Waals surface area contributed by atoms with Crippen LogP contribution in [-0.2, 0) is 6.42 Å². The molecule has 0 fully saturated rings. The Balaban J connectivity index is 1.74. The molecule has 0 radical (unpaired) electrons. The molecular formula is C22H20ClN3O3. The third-order valence-electron chi connectivity index (χ3n) is 5.13. The minimum atomic E-state index is -0.298. The Labute approximate surface area is 173 Å². The van der Waals surface area contributed by atoms with Crippen LogP contribution in [0, 0.1) is 13.8 Å². The SMILES string of the molecule is Cc1nc(Cl)c(C)c(-c2ccc3c(c2)CCCN3C(=O)c2ccc(O)cc2O)n1. The number of phenolic OH excluding ortho intramolecular Hbond substituents is 2. The summed E-state index contributed by atoms with van der Waals surface area (Å²) in [5, 5.41) is 20.0. The van der Waals surface area contributed by atoms with Gasteiger partial charge in [0.1, 0.15) is 22.5 Å². The second-order valence-electron chi connectivity index (χ2n) is 7.14. The number of rotatable bonds is 2. The molecule has 2 aromatic carbocycles. The third-order valence-corrected chi connectivity index (χ3v) is 5.49. The average Bonchev–Trinajstić information content (AvgIpc) is 2.69. The molecule has 3 aromatic rings. The van der Waals surface area contributed by atoms with Gasteiger partial charge in [-0.25, -0.2) is 9.97 Å². The summed E-state index contributed by atoms with van der Waals surface area (Å²) in [4.78, 5) is 23.4. The van der Waals surface area contributed by atoms with E-state index in [0.29, 0.717) is 17.5 Å². The van der Waals surface area contributed by atoms with E-state index in [4.69, 9.17) is 11.6 Å². The van der Waals surface area contributed by atoms with Gasteiger partial charge in [0.15, 0.2) is 0 Å². The number of carbonyl (C=O) groups excluding carboxylic acids is 1. The highest BCUT2D eigenvalue weighted by atomic mass is 35.5. The molecule has 6 nitrogen and oxygen atoms in total. The summed E-state index contributed by atoms with van der Waals surface area (Å²) in [5.74, 6) is -0.0152. The van der Waals surface area contributed by atoms with Crippen LogP contribution in [-0.4, -0.2) is 32.6 Å². The summed E-state index contributed by atoms with van der Waals surface area (Å²) in [7, 11) is 0. The number of hydrogen-bond donors (Lipinski definition) is 2. The summed E-state index contributed by atoms with van der Waals surface area (Å²) in [6.45, 7) is 4.25. The lowest BCUT2D eigenvalue weighted by Gasteiger charge is -2.30. The minimum Gasteiger partial charge on any atom is -0.508 e. The molecule has 1 aliphatic heterocycles. The Hall–Kier alpha value is -3.12. The van der Waals surface area contributed by atoms with Crippen molar-refractivity contribution in [2.75, 3.05) is 11.4 Å². The van der Waals surface area contributed by atoms with Gasteiger partial charge in [0.2, 0.25) is 0 Å². The summed E-state index contributed by atoms with van der Waals surface area (Å²) >= 11 is 6.23. The van der Waals surface area contributed by atoms with Crippen LogP contribution in [0.4, 0.5) is 5.69 Å². The Morgan fingerprint density at radius 1 is 1.10 bits per heavy atom. The zero-order valence-electron chi connectivity index (χ0n) is 16.1. The quantitative estimate of drug-likeness (QED) is 0.612. The van der Waals surface area contributed by atoms with Crippen LogP contribution in [0.1, 0.15) is 33.7 Å². The van der Waals surface area contributed by atoms with Crippen molar-refractivity contribution in [2.24, 2.45) is 0 Å². The monoisotopic (exact) mass is 409 g/mol. The van der Waals surface area contributed by atoms with Gasteiger partial charge in [0.05, 0.1) is 11.3 Å². The highest BCUT2D eigenvalue weighted by molar-refractivity contribution is 6.30. The molecule has 7 heteroatoms. The summed E-state index contributed by atoms with van der Waals surface area (Å²) < 4.78 is 0. The van der Waals surface area contributed by atoms with Gasteiger partial charge in [-0.1, -0.05) is 17.7 Å². The molecule has 29 heavy (non-hydrogen) atoms. The van der Waals surface area contributed by atoms with Crippen LogP contribution in [0.5, 0.6) is 11.5 Å². The molecule has 0 saturated carbocycles. The first kappa shape index (κ1) is 19.2. The molecule has 1 aromatic heterocycles. The van der Waals surface area contributed by atoms with E-state index in [9.17, 15) is 15.0 Å². The van der Waals surface area contributed by atoms with Crippen LogP contribution in [0.3, 0.4) is 0 Å². The van der Waals surface area contributed by atoms with E-state index in [-0.39, 0.29) is 23.0 Å². The first-order valence-electron chi connectivity index (χ1n) is 9.33. The maximum atomic E-state index is 13.0. The predicted octanol–water partition coefficient (Wildman–Crippen LogP) is 4.42. The van der Waals surface area contributed by atoms with E-state index in [0.717, 1.165) is 40.9 Å². The molecule has 0 spiro atoms. The Morgan fingerprint density at radius 3 is 2.66 bits per heavy atom. The second kappa shape index (κ2) is 7.37. The van der Waals surface area contributed by atoms with Gasteiger partial charge < -0.3 is 15.1 Å². The van der Waals surface area contributed by atoms with E-state index < -0.39 is 0 Å². The van der Waals surface area contributed by atoms with Crippen molar-refractivity contribution in [3.05, 3.63) is 64.1 Å². The van der Waals surface area contributed by atoms with E-state index in [1.54, 1.807) is 11.8 Å². The lowest BCUT2D eigenvalue weighted by atomic mass is 9.96. The number of aryl methyl sites for hydroxylation is 2. The zero-order chi connectivity index (χ0) is 20.7. The van der Waals surface area contributed by atoms with E-state index in [2.05, 4.69) is 9.97 Å². The molecule has 0 unspecified atom stereocenters. The fraction of sp³-hybridized carbons (Fsp3) is 0.227. The maximum absolute atomic E-state index is 13.0. The molecule has 0 atom stereocenters. The lowest BCUT2D eigenvalue weighted by Crippen LogP contribution is -2.35. The standard InChI is InChI=1S/C22H20ClN3O3/c1-12-20(24-13(2)25-21(12)23)15-5-8-18-14(10-15)4-3-9-26(18)22(29)17-7-6-16(27)11-19(17)28/h5-8,10-11,27-28H,3-4,9H2,1-2H3. The Bertz CT molecular complexity index is 1130. The maximum Gasteiger partial charge on any atom is 0.262 e. The molecular weight excluding hydrogens is 390 g/mol. The zero-order valence-corrected chi connectivity index (χ0v) is 16.9. The third kappa shape index (κ3) is 3.51. The largest absolute Gasteiger partial charge is 0.508 e. The van der Waals surface area contributed by atoms with Crippen molar-refractivity contribution >= 4 is 23.2 Å². The molecule has 4 rings (SSSR count). The van der Waals surface area contributed by atoms with Crippen molar-refractivity contribution in [2.45, 2.75) is 26.7 Å². The predicted molar refractivity (Wildman–Crippen MR) is 112 cm³/mol. The minimum absolute atomic E-state index is 0.0862. The Kier molecular flexibility index (Phi) is 4.88. The topological polar surface area (TPSA) is 86.6 Å². The van der Waals surface area contributed by atoms with Crippen molar-refractivity contribution in [3.63, 3.8) is 0 Å². The van der Waals surface area contributed by atoms with Crippen LogP contribution < -0.4 is 4.90 Å². The summed E-state index contributed by atoms with van der Waals surface area (Å²) in [6, 6.07) is 9.87. The number of nitrogens with zero attached hydrogens (tertiary/aromatic N) is 3. The van der Waals surface area contributed by atoms with Crippen LogP contribution in [0.25, 0.3) is 11.3 Å². The number of halogens is 1. The van der Waals surface area contributed by atoms with Gasteiger partial charge in [-0.3, -0.25) is 4.79 Å². The number of amides is 1. The number of fused-ring (bicyclic) bond motifs is 1. The molecule has 0 aliphatic carbocycles.